The van der Waals surface area contributed by atoms with E-state index in [4.69, 9.17) is 4.52 Å². The first-order valence-electron chi connectivity index (χ1n) is 8.00. The molecule has 0 spiro atoms. The normalized spacial score (nSPS) is 18.7. The highest BCUT2D eigenvalue weighted by Gasteiger charge is 2.39. The second kappa shape index (κ2) is 5.35. The van der Waals surface area contributed by atoms with Crippen molar-refractivity contribution in [2.24, 2.45) is 0 Å². The van der Waals surface area contributed by atoms with Crippen molar-refractivity contribution >= 4 is 0 Å². The van der Waals surface area contributed by atoms with Crippen molar-refractivity contribution in [2.45, 2.75) is 63.6 Å². The van der Waals surface area contributed by atoms with Gasteiger partial charge in [-0.3, -0.25) is 4.68 Å². The fourth-order valence-corrected chi connectivity index (χ4v) is 3.32. The Morgan fingerprint density at radius 2 is 1.91 bits per heavy atom. The Hall–Kier alpha value is -1.86. The number of halogens is 3. The van der Waals surface area contributed by atoms with Crippen molar-refractivity contribution < 1.29 is 17.7 Å². The summed E-state index contributed by atoms with van der Waals surface area (Å²) in [6.45, 7) is 0.109. The van der Waals surface area contributed by atoms with E-state index < -0.39 is 11.9 Å². The van der Waals surface area contributed by atoms with Crippen LogP contribution < -0.4 is 0 Å². The van der Waals surface area contributed by atoms with E-state index in [-0.39, 0.29) is 6.54 Å². The highest BCUT2D eigenvalue weighted by Crippen LogP contribution is 2.36. The minimum absolute atomic E-state index is 0.109. The van der Waals surface area contributed by atoms with Crippen LogP contribution in [0.4, 0.5) is 13.2 Å². The van der Waals surface area contributed by atoms with Gasteiger partial charge in [0.05, 0.1) is 0 Å². The van der Waals surface area contributed by atoms with Gasteiger partial charge in [0.2, 0.25) is 5.89 Å². The summed E-state index contributed by atoms with van der Waals surface area (Å²) in [6, 6.07) is 0. The first-order valence-corrected chi connectivity index (χ1v) is 8.00. The SMILES string of the molecule is FC(F)(F)c1nn(Cc2nc(C3CCC3)no2)c2c1CCCC2. The predicted octanol–water partition coefficient (Wildman–Crippen LogP) is 3.48. The highest BCUT2D eigenvalue weighted by atomic mass is 19.4. The van der Waals surface area contributed by atoms with Gasteiger partial charge >= 0.3 is 6.18 Å². The molecule has 0 N–H and O–H groups in total. The summed E-state index contributed by atoms with van der Waals surface area (Å²) in [6.07, 6.45) is 1.54. The van der Waals surface area contributed by atoms with Gasteiger partial charge in [0, 0.05) is 17.2 Å². The Kier molecular flexibility index (Phi) is 3.42. The molecular formula is C15H17F3N4O. The number of hydrogen-bond donors (Lipinski definition) is 0. The summed E-state index contributed by atoms with van der Waals surface area (Å²) in [7, 11) is 0. The zero-order valence-corrected chi connectivity index (χ0v) is 12.6. The first kappa shape index (κ1) is 14.7. The van der Waals surface area contributed by atoms with Gasteiger partial charge in [-0.15, -0.1) is 0 Å². The van der Waals surface area contributed by atoms with Crippen molar-refractivity contribution in [3.8, 4) is 0 Å². The van der Waals surface area contributed by atoms with Crippen LogP contribution in [0.5, 0.6) is 0 Å². The van der Waals surface area contributed by atoms with E-state index in [2.05, 4.69) is 15.2 Å². The summed E-state index contributed by atoms with van der Waals surface area (Å²) in [5.74, 6) is 1.34. The Balaban J connectivity index is 1.63. The van der Waals surface area contributed by atoms with E-state index in [1.165, 1.54) is 4.68 Å². The lowest BCUT2D eigenvalue weighted by molar-refractivity contribution is -0.142. The molecular weight excluding hydrogens is 309 g/mol. The second-order valence-corrected chi connectivity index (χ2v) is 6.31. The van der Waals surface area contributed by atoms with Crippen LogP contribution in [0.15, 0.2) is 4.52 Å². The van der Waals surface area contributed by atoms with Crippen LogP contribution in [0, 0.1) is 0 Å². The maximum Gasteiger partial charge on any atom is 0.435 e. The zero-order valence-electron chi connectivity index (χ0n) is 12.6. The molecule has 0 aliphatic heterocycles. The third-order valence-corrected chi connectivity index (χ3v) is 4.76. The molecule has 23 heavy (non-hydrogen) atoms. The third-order valence-electron chi connectivity index (χ3n) is 4.76. The van der Waals surface area contributed by atoms with E-state index >= 15 is 0 Å². The van der Waals surface area contributed by atoms with Gasteiger partial charge in [0.15, 0.2) is 11.5 Å². The Morgan fingerprint density at radius 1 is 1.13 bits per heavy atom. The fourth-order valence-electron chi connectivity index (χ4n) is 3.32. The van der Waals surface area contributed by atoms with Gasteiger partial charge in [-0.1, -0.05) is 11.6 Å². The standard InChI is InChI=1S/C15H17F3N4O/c16-15(17,18)13-10-6-1-2-7-11(10)22(20-13)8-12-19-14(21-23-12)9-4-3-5-9/h9H,1-8H2. The summed E-state index contributed by atoms with van der Waals surface area (Å²) < 4.78 is 46.1. The summed E-state index contributed by atoms with van der Waals surface area (Å²) in [5, 5.41) is 7.76. The zero-order chi connectivity index (χ0) is 16.0. The monoisotopic (exact) mass is 326 g/mol. The maximum atomic E-state index is 13.2. The molecule has 0 atom stereocenters. The van der Waals surface area contributed by atoms with Gasteiger partial charge in [0.1, 0.15) is 6.54 Å². The lowest BCUT2D eigenvalue weighted by Gasteiger charge is -2.20. The van der Waals surface area contributed by atoms with Crippen molar-refractivity contribution in [1.82, 2.24) is 19.9 Å². The lowest BCUT2D eigenvalue weighted by atomic mass is 9.85. The van der Waals surface area contributed by atoms with Crippen LogP contribution in [-0.4, -0.2) is 19.9 Å². The van der Waals surface area contributed by atoms with Crippen LogP contribution in [0.1, 0.15) is 66.7 Å². The molecule has 5 nitrogen and oxygen atoms in total. The molecule has 2 aromatic rings. The smallest absolute Gasteiger partial charge is 0.337 e. The number of nitrogens with zero attached hydrogens (tertiary/aromatic N) is 4. The van der Waals surface area contributed by atoms with Crippen molar-refractivity contribution in [3.63, 3.8) is 0 Å². The van der Waals surface area contributed by atoms with Gasteiger partial charge in [0.25, 0.3) is 0 Å². The summed E-state index contributed by atoms with van der Waals surface area (Å²) >= 11 is 0. The average Bonchev–Trinajstić information content (AvgIpc) is 3.03. The highest BCUT2D eigenvalue weighted by molar-refractivity contribution is 5.31. The third kappa shape index (κ3) is 2.64. The topological polar surface area (TPSA) is 56.7 Å². The minimum atomic E-state index is -4.42. The Labute approximate surface area is 130 Å². The van der Waals surface area contributed by atoms with Gasteiger partial charge < -0.3 is 4.52 Å². The van der Waals surface area contributed by atoms with E-state index in [1.54, 1.807) is 0 Å². The Morgan fingerprint density at radius 3 is 2.61 bits per heavy atom. The van der Waals surface area contributed by atoms with E-state index in [1.807, 2.05) is 0 Å². The molecule has 2 aliphatic carbocycles. The van der Waals surface area contributed by atoms with Crippen molar-refractivity contribution in [2.75, 3.05) is 0 Å². The molecule has 0 aromatic carbocycles. The molecule has 2 aliphatic rings. The molecule has 1 saturated carbocycles. The molecule has 8 heteroatoms. The Bertz CT molecular complexity index is 715. The maximum absolute atomic E-state index is 13.2. The first-order chi connectivity index (χ1) is 11.0. The summed E-state index contributed by atoms with van der Waals surface area (Å²) in [5.41, 5.74) is 0.236. The van der Waals surface area contributed by atoms with E-state index in [9.17, 15) is 13.2 Å². The molecule has 2 heterocycles. The second-order valence-electron chi connectivity index (χ2n) is 6.31. The molecule has 1 fully saturated rings. The fraction of sp³-hybridized carbons (Fsp3) is 0.667. The number of fused-ring (bicyclic) bond motifs is 1. The quantitative estimate of drug-likeness (QED) is 0.866. The largest absolute Gasteiger partial charge is 0.435 e. The molecule has 0 bridgehead atoms. The van der Waals surface area contributed by atoms with Crippen LogP contribution in [0.25, 0.3) is 0 Å². The molecule has 4 rings (SSSR count). The van der Waals surface area contributed by atoms with Crippen LogP contribution in [-0.2, 0) is 25.6 Å². The van der Waals surface area contributed by atoms with Crippen molar-refractivity contribution in [3.05, 3.63) is 28.7 Å². The predicted molar refractivity (Wildman–Crippen MR) is 73.9 cm³/mol. The number of alkyl halides is 3. The number of hydrogen-bond acceptors (Lipinski definition) is 4. The van der Waals surface area contributed by atoms with Gasteiger partial charge in [-0.05, 0) is 38.5 Å². The molecule has 2 aromatic heterocycles. The van der Waals surface area contributed by atoms with Crippen LogP contribution >= 0.6 is 0 Å². The van der Waals surface area contributed by atoms with Gasteiger partial charge in [-0.25, -0.2) is 0 Å². The molecule has 0 radical (unpaired) electrons. The summed E-state index contributed by atoms with van der Waals surface area (Å²) in [4.78, 5) is 4.33. The lowest BCUT2D eigenvalue weighted by Crippen LogP contribution is -2.12. The number of rotatable bonds is 3. The molecule has 124 valence electrons. The van der Waals surface area contributed by atoms with Gasteiger partial charge in [-0.2, -0.15) is 23.3 Å². The minimum Gasteiger partial charge on any atom is -0.337 e. The molecule has 0 amide bonds. The molecule has 0 saturated heterocycles. The van der Waals surface area contributed by atoms with E-state index in [0.717, 1.165) is 32.1 Å². The van der Waals surface area contributed by atoms with E-state index in [0.29, 0.717) is 41.7 Å². The van der Waals surface area contributed by atoms with Crippen molar-refractivity contribution in [1.29, 1.82) is 0 Å². The molecule has 0 unspecified atom stereocenters. The van der Waals surface area contributed by atoms with Crippen LogP contribution in [0.2, 0.25) is 0 Å². The number of aromatic nitrogens is 4. The average molecular weight is 326 g/mol. The van der Waals surface area contributed by atoms with Crippen LogP contribution in [0.3, 0.4) is 0 Å².